The van der Waals surface area contributed by atoms with Gasteiger partial charge in [0.1, 0.15) is 11.4 Å². The quantitative estimate of drug-likeness (QED) is 0.893. The topological polar surface area (TPSA) is 48.1 Å². The molecule has 2 aromatic rings. The fraction of sp³-hybridized carbons (Fsp3) is 0.0833. The van der Waals surface area contributed by atoms with E-state index in [1.807, 2.05) is 0 Å². The molecule has 0 unspecified atom stereocenters. The lowest BCUT2D eigenvalue weighted by Gasteiger charge is -2.08. The van der Waals surface area contributed by atoms with Crippen LogP contribution in [0.4, 0.5) is 10.1 Å². The summed E-state index contributed by atoms with van der Waals surface area (Å²) in [6.45, 7) is 0. The number of aromatic nitrogens is 1. The van der Waals surface area contributed by atoms with E-state index in [-0.39, 0.29) is 17.1 Å². The highest BCUT2D eigenvalue weighted by atomic mass is 35.5. The first-order valence-corrected chi connectivity index (χ1v) is 5.25. The van der Waals surface area contributed by atoms with E-state index in [1.165, 1.54) is 13.3 Å². The zero-order valence-electron chi connectivity index (χ0n) is 9.08. The van der Waals surface area contributed by atoms with Crippen LogP contribution in [0.5, 0.6) is 5.75 Å². The second kappa shape index (κ2) is 4.59. The molecule has 5 heteroatoms. The molecule has 0 aliphatic heterocycles. The Morgan fingerprint density at radius 2 is 1.94 bits per heavy atom. The number of anilines is 1. The average molecular weight is 253 g/mol. The number of nitrogens with zero attached hydrogens (tertiary/aromatic N) is 1. The molecule has 1 aromatic heterocycles. The maximum Gasteiger partial charge on any atom is 0.176 e. The molecule has 0 spiro atoms. The van der Waals surface area contributed by atoms with E-state index in [2.05, 4.69) is 4.98 Å². The molecule has 0 atom stereocenters. The second-order valence-electron chi connectivity index (χ2n) is 3.41. The molecule has 2 rings (SSSR count). The van der Waals surface area contributed by atoms with Crippen molar-refractivity contribution in [3.8, 4) is 17.0 Å². The van der Waals surface area contributed by atoms with Crippen molar-refractivity contribution in [2.45, 2.75) is 0 Å². The van der Waals surface area contributed by atoms with Crippen molar-refractivity contribution in [1.29, 1.82) is 0 Å². The lowest BCUT2D eigenvalue weighted by Crippen LogP contribution is -2.00. The Morgan fingerprint density at radius 3 is 2.53 bits per heavy atom. The summed E-state index contributed by atoms with van der Waals surface area (Å²) in [5.41, 5.74) is 6.34. The summed E-state index contributed by atoms with van der Waals surface area (Å²) in [6.07, 6.45) is 1.39. The van der Waals surface area contributed by atoms with Gasteiger partial charge >= 0.3 is 0 Å². The van der Waals surface area contributed by atoms with Crippen molar-refractivity contribution in [3.05, 3.63) is 41.3 Å². The molecule has 0 radical (unpaired) electrons. The molecular formula is C12H10ClFN2O. The van der Waals surface area contributed by atoms with E-state index in [4.69, 9.17) is 22.1 Å². The maximum atomic E-state index is 13.9. The van der Waals surface area contributed by atoms with Crippen molar-refractivity contribution in [3.63, 3.8) is 0 Å². The van der Waals surface area contributed by atoms with Crippen LogP contribution in [0.25, 0.3) is 11.3 Å². The first-order valence-electron chi connectivity index (χ1n) is 4.87. The molecule has 0 bridgehead atoms. The Labute approximate surface area is 103 Å². The Kier molecular flexibility index (Phi) is 3.15. The maximum absolute atomic E-state index is 13.9. The lowest BCUT2D eigenvalue weighted by molar-refractivity contribution is 0.412. The van der Waals surface area contributed by atoms with Gasteiger partial charge in [-0.1, -0.05) is 23.7 Å². The molecule has 0 fully saturated rings. The van der Waals surface area contributed by atoms with Crippen LogP contribution >= 0.6 is 11.6 Å². The van der Waals surface area contributed by atoms with Crippen molar-refractivity contribution < 1.29 is 9.13 Å². The smallest absolute Gasteiger partial charge is 0.176 e. The van der Waals surface area contributed by atoms with Gasteiger partial charge in [-0.2, -0.15) is 0 Å². The van der Waals surface area contributed by atoms with E-state index in [0.717, 1.165) is 0 Å². The SMILES string of the molecule is COc1cnc(-c2ccc(Cl)cc2)c(F)c1N. The third-order valence-electron chi connectivity index (χ3n) is 2.36. The van der Waals surface area contributed by atoms with Gasteiger partial charge < -0.3 is 10.5 Å². The highest BCUT2D eigenvalue weighted by molar-refractivity contribution is 6.30. The summed E-state index contributed by atoms with van der Waals surface area (Å²) < 4.78 is 18.8. The minimum Gasteiger partial charge on any atom is -0.493 e. The van der Waals surface area contributed by atoms with Crippen molar-refractivity contribution in [1.82, 2.24) is 4.98 Å². The molecular weight excluding hydrogens is 243 g/mol. The van der Waals surface area contributed by atoms with Gasteiger partial charge in [-0.05, 0) is 12.1 Å². The molecule has 2 N–H and O–H groups in total. The van der Waals surface area contributed by atoms with Gasteiger partial charge in [-0.15, -0.1) is 0 Å². The van der Waals surface area contributed by atoms with Crippen LogP contribution in [0.3, 0.4) is 0 Å². The van der Waals surface area contributed by atoms with E-state index in [1.54, 1.807) is 24.3 Å². The first kappa shape index (κ1) is 11.7. The third-order valence-corrected chi connectivity index (χ3v) is 2.61. The van der Waals surface area contributed by atoms with E-state index >= 15 is 0 Å². The van der Waals surface area contributed by atoms with Crippen LogP contribution in [0, 0.1) is 5.82 Å². The average Bonchev–Trinajstić information content (AvgIpc) is 2.34. The molecule has 17 heavy (non-hydrogen) atoms. The predicted octanol–water partition coefficient (Wildman–Crippen LogP) is 3.13. The second-order valence-corrected chi connectivity index (χ2v) is 3.85. The summed E-state index contributed by atoms with van der Waals surface area (Å²) in [7, 11) is 1.41. The van der Waals surface area contributed by atoms with E-state index < -0.39 is 5.82 Å². The summed E-state index contributed by atoms with van der Waals surface area (Å²) in [6, 6.07) is 6.69. The summed E-state index contributed by atoms with van der Waals surface area (Å²) in [5, 5.41) is 0.579. The zero-order valence-corrected chi connectivity index (χ0v) is 9.83. The summed E-state index contributed by atoms with van der Waals surface area (Å²) in [5.74, 6) is -0.369. The monoisotopic (exact) mass is 252 g/mol. The molecule has 0 saturated heterocycles. The van der Waals surface area contributed by atoms with Crippen LogP contribution in [0.15, 0.2) is 30.5 Å². The highest BCUT2D eigenvalue weighted by Gasteiger charge is 2.14. The molecule has 88 valence electrons. The number of methoxy groups -OCH3 is 1. The Morgan fingerprint density at radius 1 is 1.29 bits per heavy atom. The number of nitrogens with two attached hydrogens (primary N) is 1. The molecule has 0 aliphatic rings. The number of hydrogen-bond donors (Lipinski definition) is 1. The normalized spacial score (nSPS) is 10.3. The van der Waals surface area contributed by atoms with Gasteiger partial charge in [0.05, 0.1) is 13.3 Å². The zero-order chi connectivity index (χ0) is 12.4. The largest absolute Gasteiger partial charge is 0.493 e. The molecule has 0 aliphatic carbocycles. The Balaban J connectivity index is 2.53. The van der Waals surface area contributed by atoms with Gasteiger partial charge in [0.15, 0.2) is 11.6 Å². The minimum atomic E-state index is -0.591. The number of hydrogen-bond acceptors (Lipinski definition) is 3. The van der Waals surface area contributed by atoms with Gasteiger partial charge in [0.2, 0.25) is 0 Å². The van der Waals surface area contributed by atoms with Crippen molar-refractivity contribution >= 4 is 17.3 Å². The Bertz CT molecular complexity index is 543. The molecule has 1 aromatic carbocycles. The van der Waals surface area contributed by atoms with Crippen molar-refractivity contribution in [2.24, 2.45) is 0 Å². The number of pyridine rings is 1. The lowest BCUT2D eigenvalue weighted by atomic mass is 10.1. The number of ether oxygens (including phenoxy) is 1. The minimum absolute atomic E-state index is 0.0487. The van der Waals surface area contributed by atoms with Crippen LogP contribution in [0.2, 0.25) is 5.02 Å². The third kappa shape index (κ3) is 2.17. The first-order chi connectivity index (χ1) is 8.13. The summed E-state index contributed by atoms with van der Waals surface area (Å²) >= 11 is 5.76. The fourth-order valence-electron chi connectivity index (χ4n) is 1.46. The number of nitrogen functional groups attached to an aromatic ring is 1. The van der Waals surface area contributed by atoms with E-state index in [0.29, 0.717) is 10.6 Å². The highest BCUT2D eigenvalue weighted by Crippen LogP contribution is 2.30. The van der Waals surface area contributed by atoms with Crippen LogP contribution < -0.4 is 10.5 Å². The summed E-state index contributed by atoms with van der Waals surface area (Å²) in [4.78, 5) is 3.99. The fourth-order valence-corrected chi connectivity index (χ4v) is 1.58. The molecule has 1 heterocycles. The molecule has 0 amide bonds. The molecule has 3 nitrogen and oxygen atoms in total. The Hall–Kier alpha value is -1.81. The van der Waals surface area contributed by atoms with Gasteiger partial charge in [0.25, 0.3) is 0 Å². The van der Waals surface area contributed by atoms with Gasteiger partial charge in [0, 0.05) is 10.6 Å². The van der Waals surface area contributed by atoms with Gasteiger partial charge in [-0.25, -0.2) is 9.37 Å². The van der Waals surface area contributed by atoms with Gasteiger partial charge in [-0.3, -0.25) is 0 Å². The van der Waals surface area contributed by atoms with Crippen LogP contribution in [-0.2, 0) is 0 Å². The number of rotatable bonds is 2. The van der Waals surface area contributed by atoms with E-state index in [9.17, 15) is 4.39 Å². The number of benzene rings is 1. The van der Waals surface area contributed by atoms with Crippen molar-refractivity contribution in [2.75, 3.05) is 12.8 Å². The standard InChI is InChI=1S/C12H10ClFN2O/c1-17-9-6-16-12(10(14)11(9)15)7-2-4-8(13)5-3-7/h2-6H,1H3,(H2,15,16). The predicted molar refractivity (Wildman–Crippen MR) is 65.6 cm³/mol. The van der Waals surface area contributed by atoms with Crippen LogP contribution in [-0.4, -0.2) is 12.1 Å². The van der Waals surface area contributed by atoms with Crippen LogP contribution in [0.1, 0.15) is 0 Å². The number of halogens is 2. The molecule has 0 saturated carbocycles.